The minimum atomic E-state index is 0.250. The van der Waals surface area contributed by atoms with E-state index in [2.05, 4.69) is 21.0 Å². The second-order valence-corrected chi connectivity index (χ2v) is 4.41. The van der Waals surface area contributed by atoms with E-state index < -0.39 is 0 Å². The highest BCUT2D eigenvalue weighted by atomic mass is 15.1. The largest absolute Gasteiger partial charge is 0.279 e. The number of hydrogen-bond donors (Lipinski definition) is 0. The zero-order valence-corrected chi connectivity index (χ0v) is 11.1. The van der Waals surface area contributed by atoms with Crippen LogP contribution in [0.25, 0.3) is 16.9 Å². The van der Waals surface area contributed by atoms with Gasteiger partial charge in [0.1, 0.15) is 18.0 Å². The summed E-state index contributed by atoms with van der Waals surface area (Å²) in [5.41, 5.74) is 2.80. The van der Waals surface area contributed by atoms with Crippen molar-refractivity contribution in [2.45, 2.75) is 19.8 Å². The van der Waals surface area contributed by atoms with Crippen molar-refractivity contribution in [1.82, 2.24) is 19.5 Å². The van der Waals surface area contributed by atoms with E-state index in [0.29, 0.717) is 5.82 Å². The second kappa shape index (κ2) is 5.10. The number of hydrogen-bond acceptors (Lipinski definition) is 4. The zero-order valence-electron chi connectivity index (χ0n) is 11.1. The Labute approximate surface area is 116 Å². The van der Waals surface area contributed by atoms with Crippen LogP contribution < -0.4 is 0 Å². The van der Waals surface area contributed by atoms with Crippen LogP contribution in [0.2, 0.25) is 0 Å². The third kappa shape index (κ3) is 2.01. The van der Waals surface area contributed by atoms with E-state index in [-0.39, 0.29) is 6.42 Å². The Kier molecular flexibility index (Phi) is 3.13. The van der Waals surface area contributed by atoms with Gasteiger partial charge in [-0.25, -0.2) is 15.0 Å². The Morgan fingerprint density at radius 3 is 2.90 bits per heavy atom. The zero-order chi connectivity index (χ0) is 13.9. The smallest absolute Gasteiger partial charge is 0.142 e. The van der Waals surface area contributed by atoms with E-state index in [1.54, 1.807) is 6.33 Å². The SMILES string of the molecule is CCc1cc(-n2c(CC#N)nc3ccccc32)ncn1. The molecule has 0 aliphatic heterocycles. The molecule has 0 aliphatic carbocycles. The molecule has 5 heteroatoms. The molecule has 0 unspecified atom stereocenters. The molecule has 20 heavy (non-hydrogen) atoms. The van der Waals surface area contributed by atoms with E-state index in [1.165, 1.54) is 0 Å². The first kappa shape index (κ1) is 12.3. The molecule has 0 saturated heterocycles. The maximum absolute atomic E-state index is 8.98. The fourth-order valence-corrected chi connectivity index (χ4v) is 2.22. The fourth-order valence-electron chi connectivity index (χ4n) is 2.22. The van der Waals surface area contributed by atoms with E-state index in [4.69, 9.17) is 5.26 Å². The second-order valence-electron chi connectivity index (χ2n) is 4.41. The Morgan fingerprint density at radius 1 is 1.25 bits per heavy atom. The van der Waals surface area contributed by atoms with Gasteiger partial charge in [0.25, 0.3) is 0 Å². The molecule has 2 heterocycles. The quantitative estimate of drug-likeness (QED) is 0.728. The van der Waals surface area contributed by atoms with Gasteiger partial charge in [0.05, 0.1) is 23.5 Å². The number of rotatable bonds is 3. The van der Waals surface area contributed by atoms with Crippen molar-refractivity contribution in [3.8, 4) is 11.9 Å². The van der Waals surface area contributed by atoms with E-state index in [0.717, 1.165) is 29.0 Å². The van der Waals surface area contributed by atoms with Crippen molar-refractivity contribution in [2.24, 2.45) is 0 Å². The summed E-state index contributed by atoms with van der Waals surface area (Å²) in [6, 6.07) is 11.9. The molecule has 5 nitrogen and oxygen atoms in total. The first-order valence-corrected chi connectivity index (χ1v) is 6.48. The fraction of sp³-hybridized carbons (Fsp3) is 0.200. The van der Waals surface area contributed by atoms with Crippen LogP contribution in [-0.2, 0) is 12.8 Å². The summed E-state index contributed by atoms with van der Waals surface area (Å²) in [5.74, 6) is 1.46. The normalized spacial score (nSPS) is 10.6. The van der Waals surface area contributed by atoms with Crippen LogP contribution in [0.5, 0.6) is 0 Å². The van der Waals surface area contributed by atoms with Crippen LogP contribution in [0.3, 0.4) is 0 Å². The van der Waals surface area contributed by atoms with Gasteiger partial charge in [-0.1, -0.05) is 19.1 Å². The molecule has 0 aliphatic rings. The molecule has 3 aromatic rings. The topological polar surface area (TPSA) is 67.4 Å². The lowest BCUT2D eigenvalue weighted by atomic mass is 10.3. The molecule has 98 valence electrons. The molecule has 0 atom stereocenters. The van der Waals surface area contributed by atoms with Gasteiger partial charge in [0.2, 0.25) is 0 Å². The standard InChI is InChI=1S/C15H13N5/c1-2-11-9-15(18-10-17-11)20-13-6-4-3-5-12(13)19-14(20)7-8-16/h3-6,9-10H,2,7H2,1H3. The van der Waals surface area contributed by atoms with Gasteiger partial charge in [-0.05, 0) is 18.6 Å². The van der Waals surface area contributed by atoms with Gasteiger partial charge < -0.3 is 0 Å². The van der Waals surface area contributed by atoms with Gasteiger partial charge in [-0.2, -0.15) is 5.26 Å². The number of aromatic nitrogens is 4. The minimum Gasteiger partial charge on any atom is -0.279 e. The summed E-state index contributed by atoms with van der Waals surface area (Å²) >= 11 is 0. The van der Waals surface area contributed by atoms with E-state index in [9.17, 15) is 0 Å². The van der Waals surface area contributed by atoms with Crippen LogP contribution in [0.4, 0.5) is 0 Å². The highest BCUT2D eigenvalue weighted by Crippen LogP contribution is 2.20. The van der Waals surface area contributed by atoms with Crippen molar-refractivity contribution in [2.75, 3.05) is 0 Å². The Morgan fingerprint density at radius 2 is 2.10 bits per heavy atom. The summed E-state index contributed by atoms with van der Waals surface area (Å²) in [6.45, 7) is 2.05. The number of nitrogens with zero attached hydrogens (tertiary/aromatic N) is 5. The third-order valence-corrected chi connectivity index (χ3v) is 3.17. The van der Waals surface area contributed by atoms with Crippen molar-refractivity contribution < 1.29 is 0 Å². The molecule has 0 amide bonds. The highest BCUT2D eigenvalue weighted by molar-refractivity contribution is 5.77. The van der Waals surface area contributed by atoms with Crippen LogP contribution >= 0.6 is 0 Å². The predicted molar refractivity (Wildman–Crippen MR) is 75.4 cm³/mol. The molecular formula is C15H13N5. The van der Waals surface area contributed by atoms with Crippen LogP contribution in [0, 0.1) is 11.3 Å². The number of fused-ring (bicyclic) bond motifs is 1. The lowest BCUT2D eigenvalue weighted by Crippen LogP contribution is -2.04. The maximum atomic E-state index is 8.98. The molecule has 0 radical (unpaired) electrons. The Hall–Kier alpha value is -2.74. The maximum Gasteiger partial charge on any atom is 0.142 e. The molecule has 0 N–H and O–H groups in total. The molecule has 0 saturated carbocycles. The first-order chi connectivity index (χ1) is 9.83. The monoisotopic (exact) mass is 263 g/mol. The summed E-state index contributed by atoms with van der Waals surface area (Å²) in [5, 5.41) is 8.98. The minimum absolute atomic E-state index is 0.250. The molecule has 0 fully saturated rings. The van der Waals surface area contributed by atoms with Gasteiger partial charge in [0.15, 0.2) is 0 Å². The Bertz CT molecular complexity index is 797. The van der Waals surface area contributed by atoms with Crippen molar-refractivity contribution >= 4 is 11.0 Å². The predicted octanol–water partition coefficient (Wildman–Crippen LogP) is 2.44. The number of para-hydroxylation sites is 2. The molecular weight excluding hydrogens is 250 g/mol. The number of imidazole rings is 1. The number of aryl methyl sites for hydroxylation is 1. The third-order valence-electron chi connectivity index (χ3n) is 3.17. The summed E-state index contributed by atoms with van der Waals surface area (Å²) in [4.78, 5) is 13.1. The van der Waals surface area contributed by atoms with Crippen molar-refractivity contribution in [3.63, 3.8) is 0 Å². The van der Waals surface area contributed by atoms with Gasteiger partial charge in [-0.3, -0.25) is 4.57 Å². The first-order valence-electron chi connectivity index (χ1n) is 6.48. The average molecular weight is 263 g/mol. The van der Waals surface area contributed by atoms with Crippen molar-refractivity contribution in [1.29, 1.82) is 5.26 Å². The molecule has 1 aromatic carbocycles. The lowest BCUT2D eigenvalue weighted by molar-refractivity contribution is 0.892. The average Bonchev–Trinajstić information content (AvgIpc) is 2.85. The Balaban J connectivity index is 2.27. The summed E-state index contributed by atoms with van der Waals surface area (Å²) in [6.07, 6.45) is 2.65. The van der Waals surface area contributed by atoms with Crippen LogP contribution in [-0.4, -0.2) is 19.5 Å². The van der Waals surface area contributed by atoms with Crippen LogP contribution in [0.15, 0.2) is 36.7 Å². The number of benzene rings is 1. The molecule has 0 bridgehead atoms. The summed E-state index contributed by atoms with van der Waals surface area (Å²) < 4.78 is 1.93. The van der Waals surface area contributed by atoms with Gasteiger partial charge in [-0.15, -0.1) is 0 Å². The highest BCUT2D eigenvalue weighted by Gasteiger charge is 2.13. The van der Waals surface area contributed by atoms with E-state index in [1.807, 2.05) is 41.8 Å². The molecule has 3 rings (SSSR count). The summed E-state index contributed by atoms with van der Waals surface area (Å²) in [7, 11) is 0. The van der Waals surface area contributed by atoms with Crippen molar-refractivity contribution in [3.05, 3.63) is 48.2 Å². The van der Waals surface area contributed by atoms with Gasteiger partial charge in [0, 0.05) is 11.8 Å². The lowest BCUT2D eigenvalue weighted by Gasteiger charge is -2.07. The number of nitriles is 1. The molecule has 2 aromatic heterocycles. The molecule has 0 spiro atoms. The van der Waals surface area contributed by atoms with Gasteiger partial charge >= 0.3 is 0 Å². The van der Waals surface area contributed by atoms with E-state index >= 15 is 0 Å². The van der Waals surface area contributed by atoms with Crippen LogP contribution in [0.1, 0.15) is 18.4 Å².